The molecule has 2 aliphatic rings. The summed E-state index contributed by atoms with van der Waals surface area (Å²) in [6, 6.07) is 7.55. The molecule has 4 atom stereocenters. The van der Waals surface area contributed by atoms with Gasteiger partial charge in [0, 0.05) is 28.6 Å². The lowest BCUT2D eigenvalue weighted by Crippen LogP contribution is -2.24. The molecule has 1 fully saturated rings. The number of ether oxygens (including phenoxy) is 1. The van der Waals surface area contributed by atoms with Crippen molar-refractivity contribution in [2.75, 3.05) is 18.5 Å². The molecular weight excluding hydrogens is 540 g/mol. The summed E-state index contributed by atoms with van der Waals surface area (Å²) >= 11 is 1.38. The smallest absolute Gasteiger partial charge is 0.333 e. The average Bonchev–Trinajstić information content (AvgIpc) is 3.47. The van der Waals surface area contributed by atoms with E-state index in [4.69, 9.17) is 16.3 Å². The summed E-state index contributed by atoms with van der Waals surface area (Å²) in [5.41, 5.74) is 4.19. The number of anilines is 1. The van der Waals surface area contributed by atoms with Gasteiger partial charge in [0.15, 0.2) is 0 Å². The number of hydrogen-bond acceptors (Lipinski definition) is 10. The van der Waals surface area contributed by atoms with Crippen LogP contribution in [0.4, 0.5) is 5.82 Å². The van der Waals surface area contributed by atoms with Crippen LogP contribution in [0.3, 0.4) is 0 Å². The first-order valence-corrected chi connectivity index (χ1v) is 14.7. The number of nitrogens with two attached hydrogens (primary N) is 1. The van der Waals surface area contributed by atoms with E-state index in [1.165, 1.54) is 29.4 Å². The van der Waals surface area contributed by atoms with E-state index >= 15 is 0 Å². The van der Waals surface area contributed by atoms with Crippen molar-refractivity contribution in [1.29, 1.82) is 0 Å². The summed E-state index contributed by atoms with van der Waals surface area (Å²) in [5, 5.41) is 18.5. The number of ketones is 1. The van der Waals surface area contributed by atoms with E-state index in [2.05, 4.69) is 25.4 Å². The molecule has 1 unspecified atom stereocenters. The van der Waals surface area contributed by atoms with Crippen molar-refractivity contribution in [3.8, 4) is 12.3 Å². The maximum atomic E-state index is 13.6. The molecule has 3 heterocycles. The van der Waals surface area contributed by atoms with E-state index in [9.17, 15) is 18.3 Å². The molecule has 0 saturated heterocycles. The minimum atomic E-state index is -4.10. The molecule has 12 heteroatoms. The van der Waals surface area contributed by atoms with Crippen LogP contribution in [0.1, 0.15) is 61.3 Å². The topological polar surface area (TPSA) is 154 Å². The zero-order valence-electron chi connectivity index (χ0n) is 21.2. The van der Waals surface area contributed by atoms with E-state index < -0.39 is 22.3 Å². The summed E-state index contributed by atoms with van der Waals surface area (Å²) in [5.74, 6) is 2.35. The maximum Gasteiger partial charge on any atom is 0.333 e. The van der Waals surface area contributed by atoms with Gasteiger partial charge in [-0.3, -0.25) is 8.98 Å². The summed E-state index contributed by atoms with van der Waals surface area (Å²) in [7, 11) is -4.10. The van der Waals surface area contributed by atoms with Gasteiger partial charge in [-0.2, -0.15) is 8.42 Å². The lowest BCUT2D eigenvalue weighted by atomic mass is 9.91. The third kappa shape index (κ3) is 6.04. The Morgan fingerprint density at radius 3 is 2.92 bits per heavy atom. The molecule has 10 nitrogen and oxygen atoms in total. The van der Waals surface area contributed by atoms with Crippen molar-refractivity contribution < 1.29 is 27.2 Å². The highest BCUT2D eigenvalue weighted by molar-refractivity contribution is 7.84. The number of terminal acetylenes is 1. The highest BCUT2D eigenvalue weighted by atomic mass is 32.2. The van der Waals surface area contributed by atoms with Crippen LogP contribution in [0.15, 0.2) is 36.8 Å². The van der Waals surface area contributed by atoms with Gasteiger partial charge in [-0.25, -0.2) is 15.1 Å². The number of aliphatic hydroxyl groups is 1. The molecule has 2 aromatic heterocycles. The Kier molecular flexibility index (Phi) is 7.82. The second kappa shape index (κ2) is 11.1. The second-order valence-corrected chi connectivity index (χ2v) is 12.2. The summed E-state index contributed by atoms with van der Waals surface area (Å²) in [6.07, 6.45) is 8.86. The molecule has 0 amide bonds. The zero-order chi connectivity index (χ0) is 27.7. The predicted molar refractivity (Wildman–Crippen MR) is 146 cm³/mol. The van der Waals surface area contributed by atoms with Crippen molar-refractivity contribution in [3.63, 3.8) is 0 Å². The molecule has 3 aromatic rings. The third-order valence-corrected chi connectivity index (χ3v) is 8.64. The van der Waals surface area contributed by atoms with Crippen molar-refractivity contribution in [2.45, 2.75) is 44.4 Å². The number of nitrogens with zero attached hydrogens (tertiary/aromatic N) is 2. The molecule has 4 N–H and O–H groups in total. The highest BCUT2D eigenvalue weighted by Gasteiger charge is 2.35. The number of hydrogen-bond donors (Lipinski definition) is 3. The molecule has 1 aliphatic heterocycles. The minimum Gasteiger partial charge on any atom is -0.393 e. The quantitative estimate of drug-likeness (QED) is 0.275. The van der Waals surface area contributed by atoms with Gasteiger partial charge in [0.2, 0.25) is 5.78 Å². The van der Waals surface area contributed by atoms with Crippen LogP contribution in [0, 0.1) is 25.2 Å². The molecular formula is C27H28N4O6S2. The first-order valence-electron chi connectivity index (χ1n) is 12.4. The van der Waals surface area contributed by atoms with Crippen LogP contribution in [0.5, 0.6) is 0 Å². The molecule has 1 aromatic carbocycles. The van der Waals surface area contributed by atoms with Crippen molar-refractivity contribution in [3.05, 3.63) is 74.4 Å². The first-order chi connectivity index (χ1) is 18.6. The Hall–Kier alpha value is -3.18. The number of benzene rings is 1. The number of rotatable bonds is 8. The van der Waals surface area contributed by atoms with Gasteiger partial charge in [0.05, 0.1) is 29.8 Å². The van der Waals surface area contributed by atoms with E-state index in [0.717, 1.165) is 28.0 Å². The monoisotopic (exact) mass is 568 g/mol. The molecule has 204 valence electrons. The predicted octanol–water partition coefficient (Wildman–Crippen LogP) is 2.49. The Balaban J connectivity index is 1.36. The van der Waals surface area contributed by atoms with Gasteiger partial charge in [0.1, 0.15) is 18.2 Å². The van der Waals surface area contributed by atoms with Crippen LogP contribution >= 0.6 is 11.3 Å². The molecule has 39 heavy (non-hydrogen) atoms. The van der Waals surface area contributed by atoms with Gasteiger partial charge < -0.3 is 15.2 Å². The number of aliphatic hydroxyl groups excluding tert-OH is 1. The fourth-order valence-corrected chi connectivity index (χ4v) is 6.54. The number of carbonyl (C=O) groups is 1. The van der Waals surface area contributed by atoms with Gasteiger partial charge in [-0.05, 0) is 61.1 Å². The van der Waals surface area contributed by atoms with Gasteiger partial charge in [0.25, 0.3) is 0 Å². The lowest BCUT2D eigenvalue weighted by Gasteiger charge is -2.26. The SMILES string of the molecule is C#Cc1ccc2c(c1)C(c1cc(C(=O)c3cncnc3N[C@@H]3C[C@H](COS(N)(=O)=O)[C@@H](O)C3)sc1C)OCC2. The van der Waals surface area contributed by atoms with Crippen molar-refractivity contribution >= 4 is 33.2 Å². The highest BCUT2D eigenvalue weighted by Crippen LogP contribution is 2.39. The van der Waals surface area contributed by atoms with Gasteiger partial charge in [-0.15, -0.1) is 17.8 Å². The summed E-state index contributed by atoms with van der Waals surface area (Å²) in [4.78, 5) is 23.5. The molecule has 0 spiro atoms. The van der Waals surface area contributed by atoms with Crippen LogP contribution < -0.4 is 10.5 Å². The van der Waals surface area contributed by atoms with E-state index in [1.54, 1.807) is 0 Å². The molecule has 0 radical (unpaired) electrons. The fraction of sp³-hybridized carbons (Fsp3) is 0.370. The van der Waals surface area contributed by atoms with Gasteiger partial charge in [-0.1, -0.05) is 12.0 Å². The number of nitrogens with one attached hydrogen (secondary N) is 1. The third-order valence-electron chi connectivity index (χ3n) is 7.11. The van der Waals surface area contributed by atoms with E-state index in [0.29, 0.717) is 35.7 Å². The molecule has 1 saturated carbocycles. The number of carbonyl (C=O) groups excluding carboxylic acids is 1. The first kappa shape index (κ1) is 27.4. The lowest BCUT2D eigenvalue weighted by molar-refractivity contribution is 0.0697. The fourth-order valence-electron chi connectivity index (χ4n) is 5.18. The van der Waals surface area contributed by atoms with Crippen LogP contribution in [-0.2, 0) is 25.6 Å². The summed E-state index contributed by atoms with van der Waals surface area (Å²) in [6.45, 7) is 2.31. The number of fused-ring (bicyclic) bond motifs is 1. The Labute approximate surface area is 230 Å². The Morgan fingerprint density at radius 1 is 1.33 bits per heavy atom. The number of aromatic nitrogens is 2. The largest absolute Gasteiger partial charge is 0.393 e. The zero-order valence-corrected chi connectivity index (χ0v) is 22.8. The molecule has 5 rings (SSSR count). The maximum absolute atomic E-state index is 13.6. The minimum absolute atomic E-state index is 0.222. The summed E-state index contributed by atoms with van der Waals surface area (Å²) < 4.78 is 33.1. The van der Waals surface area contributed by atoms with Gasteiger partial charge >= 0.3 is 10.3 Å². The molecule has 1 aliphatic carbocycles. The Morgan fingerprint density at radius 2 is 2.15 bits per heavy atom. The number of thiophene rings is 1. The molecule has 0 bridgehead atoms. The standard InChI is InChI=1S/C27H28N4O6S2/c1-3-16-4-5-17-6-7-36-26(21(17)8-16)20-11-24(38-15(20)2)25(33)22-12-29-14-30-27(22)31-19-9-18(23(32)10-19)13-37-39(28,34)35/h1,4-5,8,11-12,14,18-19,23,26,32H,6-7,9-10,13H2,2H3,(H2,28,34,35)(H,29,30,31)/t18-,19-,23+,26?/m1/s1. The van der Waals surface area contributed by atoms with Crippen LogP contribution in [-0.4, -0.2) is 54.6 Å². The second-order valence-electron chi connectivity index (χ2n) is 9.71. The van der Waals surface area contributed by atoms with Crippen molar-refractivity contribution in [1.82, 2.24) is 9.97 Å². The Bertz CT molecular complexity index is 1550. The van der Waals surface area contributed by atoms with E-state index in [1.807, 2.05) is 31.2 Å². The van der Waals surface area contributed by atoms with Crippen LogP contribution in [0.25, 0.3) is 0 Å². The van der Waals surface area contributed by atoms with E-state index in [-0.39, 0.29) is 24.5 Å². The normalized spacial score (nSPS) is 22.7. The van der Waals surface area contributed by atoms with Crippen molar-refractivity contribution in [2.24, 2.45) is 11.1 Å². The van der Waals surface area contributed by atoms with Crippen LogP contribution in [0.2, 0.25) is 0 Å². The average molecular weight is 569 g/mol. The number of aryl methyl sites for hydroxylation is 1.